The van der Waals surface area contributed by atoms with Gasteiger partial charge in [0.1, 0.15) is 0 Å². The summed E-state index contributed by atoms with van der Waals surface area (Å²) in [7, 11) is -6.28. The Hall–Kier alpha value is -1.75. The van der Waals surface area contributed by atoms with Crippen LogP contribution in [0, 0.1) is 0 Å². The molecule has 0 aliphatic carbocycles. The molecule has 0 radical (unpaired) electrons. The van der Waals surface area contributed by atoms with Crippen molar-refractivity contribution in [3.63, 3.8) is 0 Å². The van der Waals surface area contributed by atoms with Crippen LogP contribution in [0.4, 0.5) is 29.0 Å². The average Bonchev–Trinajstić information content (AvgIpc) is 3.28. The van der Waals surface area contributed by atoms with Gasteiger partial charge in [-0.1, -0.05) is 238 Å². The number of hydrogen-bond acceptors (Lipinski definition) is 1. The molecule has 358 valence electrons. The number of halogens is 6. The van der Waals surface area contributed by atoms with E-state index in [1.165, 1.54) is 84.1 Å². The lowest BCUT2D eigenvalue weighted by molar-refractivity contribution is 0.633. The molecule has 0 heterocycles. The number of rotatable bonds is 29. The Morgan fingerprint density at radius 1 is 0.516 bits per heavy atom. The third-order valence-electron chi connectivity index (χ3n) is 13.1. The number of nitrogens with zero attached hydrogens (tertiary/aromatic N) is 1. The molecule has 0 saturated heterocycles. The highest BCUT2D eigenvalue weighted by Crippen LogP contribution is 2.69. The fraction of sp³-hybridized carbons (Fsp3) is 0.529. The first-order chi connectivity index (χ1) is 30.6. The Bertz CT molecular complexity index is 1930. The van der Waals surface area contributed by atoms with Crippen molar-refractivity contribution in [2.75, 3.05) is 4.67 Å². The predicted molar refractivity (Wildman–Crippen MR) is 284 cm³/mol. The Labute approximate surface area is 393 Å². The quantitative estimate of drug-likeness (QED) is 0.0298. The monoisotopic (exact) mass is 999 g/mol. The molecule has 4 rings (SSSR count). The summed E-state index contributed by atoms with van der Waals surface area (Å²) in [6.07, 6.45) is 13.7. The van der Waals surface area contributed by atoms with Crippen molar-refractivity contribution in [1.82, 2.24) is 0 Å². The zero-order chi connectivity index (χ0) is 47.0. The molecule has 0 fully saturated rings. The molecule has 0 saturated carbocycles. The fourth-order valence-corrected chi connectivity index (χ4v) is 29.6. The molecule has 2 atom stereocenters. The summed E-state index contributed by atoms with van der Waals surface area (Å²) >= 11 is -11.5. The van der Waals surface area contributed by atoms with Gasteiger partial charge in [0.15, 0.2) is 0 Å². The van der Waals surface area contributed by atoms with Gasteiger partial charge in [-0.3, -0.25) is 0 Å². The molecule has 64 heavy (non-hydrogen) atoms. The average molecular weight is 1000 g/mol. The Morgan fingerprint density at radius 3 is 1.33 bits per heavy atom. The van der Waals surface area contributed by atoms with Crippen LogP contribution in [0.2, 0.25) is 36.3 Å². The van der Waals surface area contributed by atoms with Crippen LogP contribution in [-0.2, 0) is 0 Å². The minimum Gasteiger partial charge on any atom is -0.340 e. The second-order valence-corrected chi connectivity index (χ2v) is 34.1. The molecule has 4 aromatic carbocycles. The van der Waals surface area contributed by atoms with Gasteiger partial charge in [-0.15, -0.1) is 23.3 Å². The van der Waals surface area contributed by atoms with Gasteiger partial charge in [0, 0.05) is 22.6 Å². The molecular formula is C51H77F6NP2S2Si2. The van der Waals surface area contributed by atoms with E-state index in [0.717, 1.165) is 69.5 Å². The first kappa shape index (κ1) is 54.9. The van der Waals surface area contributed by atoms with Gasteiger partial charge >= 0.3 is 0 Å². The number of benzene rings is 4. The van der Waals surface area contributed by atoms with Crippen LogP contribution in [0.3, 0.4) is 0 Å². The van der Waals surface area contributed by atoms with Crippen LogP contribution in [0.5, 0.6) is 0 Å². The zero-order valence-corrected chi connectivity index (χ0v) is 45.5. The van der Waals surface area contributed by atoms with Gasteiger partial charge in [0.25, 0.3) is 0 Å². The van der Waals surface area contributed by atoms with E-state index in [-0.39, 0.29) is 22.2 Å². The zero-order valence-electron chi connectivity index (χ0n) is 39.9. The van der Waals surface area contributed by atoms with E-state index in [4.69, 9.17) is 0 Å². The van der Waals surface area contributed by atoms with Crippen molar-refractivity contribution >= 4 is 81.2 Å². The Morgan fingerprint density at radius 2 is 0.938 bits per heavy atom. The van der Waals surface area contributed by atoms with Gasteiger partial charge < -0.3 is 4.67 Å². The van der Waals surface area contributed by atoms with Crippen molar-refractivity contribution in [3.8, 4) is 11.1 Å². The highest BCUT2D eigenvalue weighted by molar-refractivity contribution is 8.30. The van der Waals surface area contributed by atoms with E-state index in [0.29, 0.717) is 5.56 Å². The van der Waals surface area contributed by atoms with Crippen LogP contribution in [0.15, 0.2) is 101 Å². The molecule has 0 bridgehead atoms. The lowest BCUT2D eigenvalue weighted by Gasteiger charge is -2.39. The van der Waals surface area contributed by atoms with Crippen molar-refractivity contribution in [2.24, 2.45) is 0 Å². The van der Waals surface area contributed by atoms with Crippen molar-refractivity contribution in [3.05, 3.63) is 91.0 Å². The number of unbranched alkanes of at least 4 members (excludes halogenated alkanes) is 6. The normalized spacial score (nSPS) is 13.9. The van der Waals surface area contributed by atoms with Crippen molar-refractivity contribution < 1.29 is 23.3 Å². The third kappa shape index (κ3) is 14.4. The van der Waals surface area contributed by atoms with E-state index >= 15 is 23.3 Å². The predicted octanol–water partition coefficient (Wildman–Crippen LogP) is 19.0. The van der Waals surface area contributed by atoms with E-state index in [1.54, 1.807) is 18.2 Å². The SMILES string of the molecule is CCCC[Si](CCCC)(CCCC)c1ccc(-c2cccc(PP(c3ccccc3S(F)(F)F)N(c3ccc([Si](CCCC)(CCCC)CCCC)cc3)C(C)C)c2S(F)(F)F)cc1. The summed E-state index contributed by atoms with van der Waals surface area (Å²) in [6.45, 7) is 17.3. The first-order valence-corrected chi connectivity index (χ1v) is 35.2. The maximum Gasteiger partial charge on any atom is 0.238 e. The molecular weight excluding hydrogens is 923 g/mol. The molecule has 0 N–H and O–H groups in total. The smallest absolute Gasteiger partial charge is 0.238 e. The highest BCUT2D eigenvalue weighted by atomic mass is 32.3. The standard InChI is InChI=1S/C51H77F6NP2S2Si2/c1-9-15-36-63(37-16-10-2,38-17-11-3)45-32-28-43(29-33-45)47-24-23-25-48(51(47)62(55,56)57)59-60(49-26-21-22-27-50(49)61(52,53)54)58(42(7)8)44-30-34-46(35-31-44)64(39-18-12-4,40-19-13-5)41-20-14-6/h21-35,42,59H,9-20,36-41H2,1-8H3. The highest BCUT2D eigenvalue weighted by Gasteiger charge is 2.39. The van der Waals surface area contributed by atoms with Gasteiger partial charge in [0.2, 0.25) is 22.4 Å². The minimum atomic E-state index is -5.81. The second kappa shape index (κ2) is 26.1. The summed E-state index contributed by atoms with van der Waals surface area (Å²) in [6, 6.07) is 34.0. The summed E-state index contributed by atoms with van der Waals surface area (Å²) in [5.41, 5.74) is 1.41. The van der Waals surface area contributed by atoms with Crippen molar-refractivity contribution in [2.45, 2.75) is 185 Å². The number of hydrogen-bond donors (Lipinski definition) is 0. The van der Waals surface area contributed by atoms with Crippen molar-refractivity contribution in [1.29, 1.82) is 0 Å². The molecule has 1 nitrogen and oxygen atoms in total. The van der Waals surface area contributed by atoms with Crippen LogP contribution in [0.25, 0.3) is 11.1 Å². The van der Waals surface area contributed by atoms with Gasteiger partial charge in [-0.25, -0.2) is 0 Å². The van der Waals surface area contributed by atoms with Gasteiger partial charge in [-0.2, -0.15) is 0 Å². The molecule has 4 aromatic rings. The topological polar surface area (TPSA) is 3.24 Å². The number of anilines is 1. The molecule has 0 amide bonds. The molecule has 0 spiro atoms. The molecule has 13 heteroatoms. The molecule has 0 aliphatic rings. The maximum absolute atomic E-state index is 15.8. The summed E-state index contributed by atoms with van der Waals surface area (Å²) < 4.78 is 94.8. The second-order valence-electron chi connectivity index (χ2n) is 18.1. The lowest BCUT2D eigenvalue weighted by Crippen LogP contribution is -2.47. The first-order valence-electron chi connectivity index (χ1n) is 24.2. The Kier molecular flexibility index (Phi) is 22.4. The maximum atomic E-state index is 15.8. The molecule has 0 aliphatic heterocycles. The third-order valence-corrected chi connectivity index (χ3v) is 31.8. The molecule has 0 aromatic heterocycles. The van der Waals surface area contributed by atoms with Crippen LogP contribution in [0.1, 0.15) is 132 Å². The van der Waals surface area contributed by atoms with E-state index in [9.17, 15) is 0 Å². The minimum absolute atomic E-state index is 0.0899. The summed E-state index contributed by atoms with van der Waals surface area (Å²) in [5.74, 6) is 0. The van der Waals surface area contributed by atoms with E-state index < -0.39 is 64.3 Å². The summed E-state index contributed by atoms with van der Waals surface area (Å²) in [4.78, 5) is -1.36. The van der Waals surface area contributed by atoms with E-state index in [2.05, 4.69) is 77.9 Å². The van der Waals surface area contributed by atoms with Crippen LogP contribution >= 0.6 is 38.4 Å². The Balaban J connectivity index is 1.92. The van der Waals surface area contributed by atoms with Gasteiger partial charge in [0.05, 0.1) is 33.7 Å². The van der Waals surface area contributed by atoms with E-state index in [1.807, 2.05) is 30.7 Å². The van der Waals surface area contributed by atoms with Crippen LogP contribution in [-0.4, -0.2) is 22.2 Å². The van der Waals surface area contributed by atoms with Crippen LogP contribution < -0.4 is 25.7 Å². The lowest BCUT2D eigenvalue weighted by atomic mass is 10.1. The largest absolute Gasteiger partial charge is 0.340 e. The molecule has 2 unspecified atom stereocenters. The fourth-order valence-electron chi connectivity index (χ4n) is 9.60. The van der Waals surface area contributed by atoms with Gasteiger partial charge in [-0.05, 0) is 51.2 Å². The summed E-state index contributed by atoms with van der Waals surface area (Å²) in [5, 5.41) is 2.91.